The fourth-order valence-electron chi connectivity index (χ4n) is 6.35. The van der Waals surface area contributed by atoms with Crippen molar-refractivity contribution in [1.82, 2.24) is 20.4 Å². The number of halogens is 1. The van der Waals surface area contributed by atoms with E-state index in [1.165, 1.54) is 30.4 Å². The van der Waals surface area contributed by atoms with Crippen molar-refractivity contribution >= 4 is 23.4 Å². The molecule has 0 saturated carbocycles. The van der Waals surface area contributed by atoms with Crippen LogP contribution in [0.3, 0.4) is 0 Å². The molecule has 2 atom stereocenters. The van der Waals surface area contributed by atoms with Gasteiger partial charge in [-0.2, -0.15) is 0 Å². The third kappa shape index (κ3) is 9.40. The molecule has 0 aliphatic carbocycles. The second kappa shape index (κ2) is 16.0. The highest BCUT2D eigenvalue weighted by Crippen LogP contribution is 2.27. The lowest BCUT2D eigenvalue weighted by Gasteiger charge is -2.31. The molecule has 228 valence electrons. The third-order valence-corrected chi connectivity index (χ3v) is 9.14. The van der Waals surface area contributed by atoms with Crippen LogP contribution in [0.1, 0.15) is 61.1 Å². The second-order valence-electron chi connectivity index (χ2n) is 12.0. The Kier molecular flexibility index (Phi) is 11.7. The molecule has 0 bridgehead atoms. The Hall–Kier alpha value is -3.19. The smallest absolute Gasteiger partial charge is 0.239 e. The highest BCUT2D eigenvalue weighted by atomic mass is 35.5. The van der Waals surface area contributed by atoms with Crippen LogP contribution >= 0.6 is 11.6 Å². The number of hydrogen-bond donors (Lipinski definition) is 2. The van der Waals surface area contributed by atoms with Crippen molar-refractivity contribution in [3.8, 4) is 0 Å². The first-order valence-electron chi connectivity index (χ1n) is 15.9. The van der Waals surface area contributed by atoms with Gasteiger partial charge in [-0.05, 0) is 74.0 Å². The van der Waals surface area contributed by atoms with Crippen LogP contribution in [0.15, 0.2) is 84.9 Å². The van der Waals surface area contributed by atoms with Gasteiger partial charge in [0.2, 0.25) is 11.8 Å². The predicted molar refractivity (Wildman–Crippen MR) is 174 cm³/mol. The summed E-state index contributed by atoms with van der Waals surface area (Å²) in [6.07, 6.45) is 6.43. The number of amides is 2. The van der Waals surface area contributed by atoms with E-state index in [2.05, 4.69) is 69.0 Å². The number of aryl methyl sites for hydroxylation is 1. The van der Waals surface area contributed by atoms with Gasteiger partial charge in [-0.15, -0.1) is 0 Å². The monoisotopic (exact) mass is 600 g/mol. The molecule has 2 saturated heterocycles. The number of carbonyl (C=O) groups excluding carboxylic acids is 2. The molecule has 5 rings (SSSR count). The minimum absolute atomic E-state index is 0.0299. The Labute approximate surface area is 261 Å². The molecule has 2 heterocycles. The zero-order valence-corrected chi connectivity index (χ0v) is 25.9. The van der Waals surface area contributed by atoms with Crippen molar-refractivity contribution in [2.75, 3.05) is 39.3 Å². The number of benzene rings is 3. The summed E-state index contributed by atoms with van der Waals surface area (Å²) >= 11 is 6.00. The Bertz CT molecular complexity index is 1240. The molecule has 3 aromatic rings. The number of nitrogens with one attached hydrogen (secondary N) is 2. The van der Waals surface area contributed by atoms with E-state index in [4.69, 9.17) is 11.6 Å². The van der Waals surface area contributed by atoms with Crippen LogP contribution < -0.4 is 10.6 Å². The molecule has 2 amide bonds. The molecule has 0 unspecified atom stereocenters. The maximum absolute atomic E-state index is 14.1. The summed E-state index contributed by atoms with van der Waals surface area (Å²) in [6.45, 7) is 4.95. The van der Waals surface area contributed by atoms with Gasteiger partial charge in [-0.3, -0.25) is 9.59 Å². The van der Waals surface area contributed by atoms with Gasteiger partial charge in [-0.1, -0.05) is 90.8 Å². The van der Waals surface area contributed by atoms with Crippen molar-refractivity contribution in [2.24, 2.45) is 0 Å². The van der Waals surface area contributed by atoms with E-state index in [1.54, 1.807) is 0 Å². The first kappa shape index (κ1) is 31.2. The average molecular weight is 601 g/mol. The number of piperidine rings is 1. The normalized spacial score (nSPS) is 19.8. The lowest BCUT2D eigenvalue weighted by molar-refractivity contribution is -0.133. The second-order valence-corrected chi connectivity index (χ2v) is 12.4. The topological polar surface area (TPSA) is 64.7 Å². The Balaban J connectivity index is 1.25. The molecule has 0 aromatic heterocycles. The summed E-state index contributed by atoms with van der Waals surface area (Å²) in [5, 5.41) is 7.52. The first-order chi connectivity index (χ1) is 21.0. The van der Waals surface area contributed by atoms with E-state index in [9.17, 15) is 9.59 Å². The van der Waals surface area contributed by atoms with Gasteiger partial charge in [0.1, 0.15) is 0 Å². The summed E-state index contributed by atoms with van der Waals surface area (Å²) < 4.78 is 0. The van der Waals surface area contributed by atoms with E-state index in [1.807, 2.05) is 36.4 Å². The fourth-order valence-corrected chi connectivity index (χ4v) is 6.48. The van der Waals surface area contributed by atoms with Crippen LogP contribution in [0.4, 0.5) is 0 Å². The number of rotatable bonds is 12. The van der Waals surface area contributed by atoms with Crippen molar-refractivity contribution < 1.29 is 9.59 Å². The molecule has 2 aliphatic heterocycles. The van der Waals surface area contributed by atoms with Gasteiger partial charge in [0.15, 0.2) is 0 Å². The molecule has 43 heavy (non-hydrogen) atoms. The molecule has 7 heteroatoms. The lowest BCUT2D eigenvalue weighted by Crippen LogP contribution is -2.50. The van der Waals surface area contributed by atoms with Crippen molar-refractivity contribution in [3.05, 3.63) is 107 Å². The maximum Gasteiger partial charge on any atom is 0.239 e. The molecule has 0 spiro atoms. The minimum atomic E-state index is -0.271. The summed E-state index contributed by atoms with van der Waals surface area (Å²) in [7, 11) is 0. The Morgan fingerprint density at radius 1 is 0.884 bits per heavy atom. The molecule has 2 fully saturated rings. The van der Waals surface area contributed by atoms with Crippen LogP contribution in [-0.2, 0) is 16.0 Å². The third-order valence-electron chi connectivity index (χ3n) is 8.88. The van der Waals surface area contributed by atoms with E-state index in [0.29, 0.717) is 37.5 Å². The standard InChI is InChI=1S/C36H45ClN4O2/c37-31-17-14-28(15-18-31)16-19-35(42)38-26-32-20-25-41(36(43)34(39-32)21-24-40-22-8-3-9-23-40)27-33(29-10-4-1-5-11-29)30-12-6-2-7-13-30/h1-2,4-7,10-15,17-18,32-34,39H,3,8-9,16,19-27H2,(H,38,42)/t32-,34-/m0/s1. The largest absolute Gasteiger partial charge is 0.355 e. The predicted octanol–water partition coefficient (Wildman–Crippen LogP) is 5.66. The highest BCUT2D eigenvalue weighted by Gasteiger charge is 2.33. The van der Waals surface area contributed by atoms with E-state index in [-0.39, 0.29) is 29.8 Å². The van der Waals surface area contributed by atoms with E-state index < -0.39 is 0 Å². The average Bonchev–Trinajstić information content (AvgIpc) is 3.20. The summed E-state index contributed by atoms with van der Waals surface area (Å²) in [5.74, 6) is 0.297. The Morgan fingerprint density at radius 3 is 2.19 bits per heavy atom. The summed E-state index contributed by atoms with van der Waals surface area (Å²) in [5.41, 5.74) is 3.53. The maximum atomic E-state index is 14.1. The Morgan fingerprint density at radius 2 is 1.53 bits per heavy atom. The van der Waals surface area contributed by atoms with Crippen molar-refractivity contribution in [3.63, 3.8) is 0 Å². The summed E-state index contributed by atoms with van der Waals surface area (Å²) in [6, 6.07) is 28.4. The van der Waals surface area contributed by atoms with Crippen LogP contribution in [0.25, 0.3) is 0 Å². The van der Waals surface area contributed by atoms with Crippen LogP contribution in [-0.4, -0.2) is 73.0 Å². The van der Waals surface area contributed by atoms with Crippen molar-refractivity contribution in [1.29, 1.82) is 0 Å². The zero-order valence-electron chi connectivity index (χ0n) is 25.1. The number of hydrogen-bond acceptors (Lipinski definition) is 4. The number of nitrogens with zero attached hydrogens (tertiary/aromatic N) is 2. The van der Waals surface area contributed by atoms with Gasteiger partial charge >= 0.3 is 0 Å². The van der Waals surface area contributed by atoms with Gasteiger partial charge in [0, 0.05) is 49.6 Å². The van der Waals surface area contributed by atoms with Crippen LogP contribution in [0.2, 0.25) is 5.02 Å². The van der Waals surface area contributed by atoms with Gasteiger partial charge in [0.25, 0.3) is 0 Å². The highest BCUT2D eigenvalue weighted by molar-refractivity contribution is 6.30. The quantitative estimate of drug-likeness (QED) is 0.282. The SMILES string of the molecule is O=C(CCc1ccc(Cl)cc1)NC[C@@H]1CCN(CC(c2ccccc2)c2ccccc2)C(=O)[C@H](CCN2CCCCC2)N1. The van der Waals surface area contributed by atoms with Gasteiger partial charge in [-0.25, -0.2) is 0 Å². The van der Waals surface area contributed by atoms with Crippen LogP contribution in [0, 0.1) is 0 Å². The molecule has 2 aliphatic rings. The minimum Gasteiger partial charge on any atom is -0.355 e. The van der Waals surface area contributed by atoms with E-state index in [0.717, 1.165) is 38.0 Å². The van der Waals surface area contributed by atoms with Crippen LogP contribution in [0.5, 0.6) is 0 Å². The number of likely N-dealkylation sites (tertiary alicyclic amines) is 1. The molecule has 2 N–H and O–H groups in total. The molecule has 3 aromatic carbocycles. The van der Waals surface area contributed by atoms with E-state index >= 15 is 0 Å². The molecular formula is C36H45ClN4O2. The molecule has 0 radical (unpaired) electrons. The number of carbonyl (C=O) groups is 2. The van der Waals surface area contributed by atoms with Gasteiger partial charge in [0.05, 0.1) is 6.04 Å². The zero-order chi connectivity index (χ0) is 29.9. The van der Waals surface area contributed by atoms with Crippen molar-refractivity contribution in [2.45, 2.75) is 62.9 Å². The fraction of sp³-hybridized carbons (Fsp3) is 0.444. The molecular weight excluding hydrogens is 556 g/mol. The summed E-state index contributed by atoms with van der Waals surface area (Å²) in [4.78, 5) is 31.5. The lowest BCUT2D eigenvalue weighted by atomic mass is 9.90. The van der Waals surface area contributed by atoms with Gasteiger partial charge < -0.3 is 20.4 Å². The molecule has 6 nitrogen and oxygen atoms in total. The first-order valence-corrected chi connectivity index (χ1v) is 16.3.